The summed E-state index contributed by atoms with van der Waals surface area (Å²) in [6.07, 6.45) is 23.1. The van der Waals surface area contributed by atoms with Crippen LogP contribution in [0.15, 0.2) is 59.3 Å². The highest BCUT2D eigenvalue weighted by Gasteiger charge is 2.27. The molecule has 1 fully saturated rings. The van der Waals surface area contributed by atoms with Crippen molar-refractivity contribution in [3.63, 3.8) is 0 Å². The molecule has 3 aliphatic carbocycles. The van der Waals surface area contributed by atoms with Crippen LogP contribution in [0.3, 0.4) is 0 Å². The van der Waals surface area contributed by atoms with Crippen molar-refractivity contribution in [2.75, 3.05) is 0 Å². The van der Waals surface area contributed by atoms with E-state index in [4.69, 9.17) is 0 Å². The van der Waals surface area contributed by atoms with E-state index in [0.717, 1.165) is 36.2 Å². The zero-order valence-electron chi connectivity index (χ0n) is 17.6. The van der Waals surface area contributed by atoms with Crippen LogP contribution >= 0.6 is 0 Å². The van der Waals surface area contributed by atoms with Gasteiger partial charge in [-0.25, -0.2) is 0 Å². The molecule has 1 saturated carbocycles. The molecule has 0 saturated heterocycles. The van der Waals surface area contributed by atoms with Crippen molar-refractivity contribution >= 4 is 24.4 Å². The molecule has 0 aliphatic heterocycles. The molecule has 2 aromatic heterocycles. The van der Waals surface area contributed by atoms with Crippen molar-refractivity contribution in [3.05, 3.63) is 76.9 Å². The van der Waals surface area contributed by atoms with Gasteiger partial charge in [0.1, 0.15) is 0 Å². The number of rotatable bonds is 7. The van der Waals surface area contributed by atoms with Gasteiger partial charge in [0.15, 0.2) is 6.23 Å². The Labute approximate surface area is 183 Å². The number of aromatic nitrogens is 3. The molecule has 0 radical (unpaired) electrons. The Kier molecular flexibility index (Phi) is 5.76. The van der Waals surface area contributed by atoms with Crippen molar-refractivity contribution in [1.82, 2.24) is 15.2 Å². The fraction of sp³-hybridized carbons (Fsp3) is 0.346. The van der Waals surface area contributed by atoms with E-state index in [0.29, 0.717) is 11.8 Å². The van der Waals surface area contributed by atoms with Gasteiger partial charge in [-0.2, -0.15) is 5.10 Å². The maximum atomic E-state index is 10.6. The fourth-order valence-electron chi connectivity index (χ4n) is 4.30. The average molecular weight is 413 g/mol. The van der Waals surface area contributed by atoms with Crippen molar-refractivity contribution in [3.8, 4) is 0 Å². The van der Waals surface area contributed by atoms with Gasteiger partial charge in [-0.1, -0.05) is 42.0 Å². The summed E-state index contributed by atoms with van der Waals surface area (Å²) < 4.78 is 0. The van der Waals surface area contributed by atoms with Crippen LogP contribution in [-0.2, 0) is 6.42 Å². The Morgan fingerprint density at radius 2 is 2.19 bits per heavy atom. The second-order valence-corrected chi connectivity index (χ2v) is 8.68. The van der Waals surface area contributed by atoms with Crippen LogP contribution in [0, 0.1) is 17.8 Å². The van der Waals surface area contributed by atoms with Gasteiger partial charge in [0.25, 0.3) is 0 Å². The first-order valence-corrected chi connectivity index (χ1v) is 11.2. The molecule has 5 nitrogen and oxygen atoms in total. The lowest BCUT2D eigenvalue weighted by molar-refractivity contribution is 0.132. The largest absolute Gasteiger partial charge is 0.371 e. The molecule has 2 aromatic rings. The SMILES string of the molecule is OC(N=CC1CC1)C1CC=CC=C1CC1C=Cc2c(/C=C/c3ccccn3)n[nH]c2C1. The highest BCUT2D eigenvalue weighted by atomic mass is 16.3. The minimum atomic E-state index is -0.643. The number of nitrogens with one attached hydrogen (secondary N) is 1. The molecule has 3 atom stereocenters. The average Bonchev–Trinajstić information content (AvgIpc) is 3.56. The van der Waals surface area contributed by atoms with Gasteiger partial charge in [0, 0.05) is 29.6 Å². The third-order valence-electron chi connectivity index (χ3n) is 6.26. The molecule has 5 rings (SSSR count). The maximum absolute atomic E-state index is 10.6. The molecule has 0 bridgehead atoms. The fourth-order valence-corrected chi connectivity index (χ4v) is 4.30. The number of pyridine rings is 1. The van der Waals surface area contributed by atoms with Crippen LogP contribution in [0.1, 0.15) is 48.3 Å². The molecule has 31 heavy (non-hydrogen) atoms. The molecule has 0 aromatic carbocycles. The quantitative estimate of drug-likeness (QED) is 0.638. The van der Waals surface area contributed by atoms with E-state index < -0.39 is 6.23 Å². The first kappa shape index (κ1) is 19.9. The third kappa shape index (κ3) is 4.83. The van der Waals surface area contributed by atoms with Gasteiger partial charge >= 0.3 is 0 Å². The van der Waals surface area contributed by atoms with Gasteiger partial charge in [-0.15, -0.1) is 0 Å². The van der Waals surface area contributed by atoms with E-state index in [2.05, 4.69) is 50.6 Å². The van der Waals surface area contributed by atoms with Crippen LogP contribution in [0.2, 0.25) is 0 Å². The van der Waals surface area contributed by atoms with E-state index in [1.807, 2.05) is 36.6 Å². The Hall–Kier alpha value is -3.05. The summed E-state index contributed by atoms with van der Waals surface area (Å²) in [5.41, 5.74) is 5.48. The Bertz CT molecular complexity index is 1060. The minimum absolute atomic E-state index is 0.0773. The van der Waals surface area contributed by atoms with Crippen LogP contribution < -0.4 is 0 Å². The minimum Gasteiger partial charge on any atom is -0.371 e. The van der Waals surface area contributed by atoms with Gasteiger partial charge in [-0.05, 0) is 68.2 Å². The summed E-state index contributed by atoms with van der Waals surface area (Å²) in [6.45, 7) is 0. The van der Waals surface area contributed by atoms with Gasteiger partial charge < -0.3 is 5.11 Å². The van der Waals surface area contributed by atoms with E-state index in [-0.39, 0.29) is 5.92 Å². The smallest absolute Gasteiger partial charge is 0.151 e. The van der Waals surface area contributed by atoms with Crippen LogP contribution in [0.4, 0.5) is 0 Å². The number of aliphatic hydroxyl groups excluding tert-OH is 1. The number of allylic oxidation sites excluding steroid dienone is 4. The molecule has 2 N–H and O–H groups in total. The first-order valence-electron chi connectivity index (χ1n) is 11.2. The summed E-state index contributed by atoms with van der Waals surface area (Å²) in [5.74, 6) is 1.05. The molecular weight excluding hydrogens is 384 g/mol. The predicted molar refractivity (Wildman–Crippen MR) is 125 cm³/mol. The molecule has 3 unspecified atom stereocenters. The summed E-state index contributed by atoms with van der Waals surface area (Å²) >= 11 is 0. The highest BCUT2D eigenvalue weighted by molar-refractivity contribution is 5.73. The number of aliphatic imine (C=N–C) groups is 1. The second-order valence-electron chi connectivity index (χ2n) is 8.68. The van der Waals surface area contributed by atoms with Crippen LogP contribution in [-0.4, -0.2) is 32.7 Å². The van der Waals surface area contributed by atoms with Gasteiger partial charge in [-0.3, -0.25) is 15.1 Å². The van der Waals surface area contributed by atoms with Crippen molar-refractivity contribution < 1.29 is 5.11 Å². The molecule has 0 spiro atoms. The molecule has 2 heterocycles. The number of fused-ring (bicyclic) bond motifs is 1. The zero-order chi connectivity index (χ0) is 21.0. The standard InChI is InChI=1S/C26H28N4O/c31-26(28-17-18-8-9-18)22-7-2-1-5-20(22)15-19-10-12-23-24(29-30-25(23)16-19)13-11-21-6-3-4-14-27-21/h1-6,10-14,17-19,22,26,31H,7-9,15-16H2,(H,29,30)/b13-11+,28-17?. The van der Waals surface area contributed by atoms with E-state index in [1.54, 1.807) is 6.20 Å². The Balaban J connectivity index is 1.25. The Morgan fingerprint density at radius 1 is 1.26 bits per heavy atom. The van der Waals surface area contributed by atoms with Gasteiger partial charge in [0.05, 0.1) is 11.4 Å². The Morgan fingerprint density at radius 3 is 3.03 bits per heavy atom. The van der Waals surface area contributed by atoms with Crippen LogP contribution in [0.25, 0.3) is 18.2 Å². The van der Waals surface area contributed by atoms with Crippen molar-refractivity contribution in [1.29, 1.82) is 0 Å². The number of hydrogen-bond acceptors (Lipinski definition) is 4. The molecule has 158 valence electrons. The van der Waals surface area contributed by atoms with E-state index in [9.17, 15) is 5.11 Å². The summed E-state index contributed by atoms with van der Waals surface area (Å²) in [5, 5.41) is 18.4. The molecule has 5 heteroatoms. The lowest BCUT2D eigenvalue weighted by Gasteiger charge is -2.27. The lowest BCUT2D eigenvalue weighted by atomic mass is 9.81. The first-order chi connectivity index (χ1) is 15.3. The maximum Gasteiger partial charge on any atom is 0.151 e. The van der Waals surface area contributed by atoms with Crippen molar-refractivity contribution in [2.45, 2.75) is 38.3 Å². The number of H-pyrrole nitrogens is 1. The van der Waals surface area contributed by atoms with Crippen LogP contribution in [0.5, 0.6) is 0 Å². The van der Waals surface area contributed by atoms with E-state index in [1.165, 1.54) is 24.1 Å². The molecule has 3 aliphatic rings. The summed E-state index contributed by atoms with van der Waals surface area (Å²) in [7, 11) is 0. The summed E-state index contributed by atoms with van der Waals surface area (Å²) in [6, 6.07) is 5.87. The lowest BCUT2D eigenvalue weighted by Crippen LogP contribution is -2.23. The number of hydrogen-bond donors (Lipinski definition) is 2. The molecule has 0 amide bonds. The second kappa shape index (κ2) is 8.98. The zero-order valence-corrected chi connectivity index (χ0v) is 17.6. The number of aliphatic hydroxyl groups is 1. The highest BCUT2D eigenvalue weighted by Crippen LogP contribution is 2.35. The normalized spacial score (nSPS) is 24.0. The topological polar surface area (TPSA) is 74.2 Å². The van der Waals surface area contributed by atoms with E-state index >= 15 is 0 Å². The monoisotopic (exact) mass is 412 g/mol. The number of nitrogens with zero attached hydrogens (tertiary/aromatic N) is 3. The van der Waals surface area contributed by atoms with Crippen molar-refractivity contribution in [2.24, 2.45) is 22.7 Å². The summed E-state index contributed by atoms with van der Waals surface area (Å²) in [4.78, 5) is 8.78. The predicted octanol–water partition coefficient (Wildman–Crippen LogP) is 4.85. The van der Waals surface area contributed by atoms with Gasteiger partial charge in [0.2, 0.25) is 0 Å². The molecular formula is C26H28N4O. The number of aromatic amines is 1. The third-order valence-corrected chi connectivity index (χ3v) is 6.26.